The number of carbonyl (C=O) groups is 1. The molecule has 2 aromatic carbocycles. The molecule has 0 bridgehead atoms. The fourth-order valence-electron chi connectivity index (χ4n) is 2.68. The maximum absolute atomic E-state index is 11.4. The molecule has 1 heterocycles. The SMILES string of the molecule is COC(=O)c1ccc(OCC(O)CSc2nnnn2-c2ccc(C)cc2C)cc1. The lowest BCUT2D eigenvalue weighted by Gasteiger charge is -2.13. The molecular formula is C20H22N4O4S. The van der Waals surface area contributed by atoms with E-state index >= 15 is 0 Å². The van der Waals surface area contributed by atoms with Crippen LogP contribution >= 0.6 is 11.8 Å². The largest absolute Gasteiger partial charge is 0.491 e. The highest BCUT2D eigenvalue weighted by Crippen LogP contribution is 2.22. The van der Waals surface area contributed by atoms with Crippen LogP contribution in [0, 0.1) is 13.8 Å². The van der Waals surface area contributed by atoms with E-state index in [1.807, 2.05) is 26.0 Å². The van der Waals surface area contributed by atoms with Crippen LogP contribution in [0.1, 0.15) is 21.5 Å². The monoisotopic (exact) mass is 414 g/mol. The third-order valence-corrected chi connectivity index (χ3v) is 5.21. The molecule has 9 heteroatoms. The first kappa shape index (κ1) is 20.8. The zero-order chi connectivity index (χ0) is 20.8. The minimum Gasteiger partial charge on any atom is -0.491 e. The molecule has 0 saturated heterocycles. The third-order valence-electron chi connectivity index (χ3n) is 4.14. The van der Waals surface area contributed by atoms with E-state index < -0.39 is 12.1 Å². The Morgan fingerprint density at radius 2 is 1.97 bits per heavy atom. The normalized spacial score (nSPS) is 11.9. The summed E-state index contributed by atoms with van der Waals surface area (Å²) in [5, 5.41) is 22.7. The number of thioether (sulfide) groups is 1. The first-order valence-electron chi connectivity index (χ1n) is 8.96. The van der Waals surface area contributed by atoms with Crippen LogP contribution in [0.25, 0.3) is 5.69 Å². The maximum atomic E-state index is 11.4. The summed E-state index contributed by atoms with van der Waals surface area (Å²) in [5.41, 5.74) is 3.58. The maximum Gasteiger partial charge on any atom is 0.337 e. The molecule has 152 valence electrons. The Labute approximate surface area is 172 Å². The van der Waals surface area contributed by atoms with Crippen molar-refractivity contribution in [3.8, 4) is 11.4 Å². The fraction of sp³-hybridized carbons (Fsp3) is 0.300. The van der Waals surface area contributed by atoms with Crippen LogP contribution in [0.2, 0.25) is 0 Å². The summed E-state index contributed by atoms with van der Waals surface area (Å²) in [6, 6.07) is 12.6. The number of tetrazole rings is 1. The summed E-state index contributed by atoms with van der Waals surface area (Å²) >= 11 is 1.35. The number of methoxy groups -OCH3 is 1. The molecule has 3 rings (SSSR count). The van der Waals surface area contributed by atoms with Crippen LogP contribution in [-0.4, -0.2) is 56.9 Å². The van der Waals surface area contributed by atoms with Gasteiger partial charge >= 0.3 is 5.97 Å². The number of rotatable bonds is 8. The molecule has 1 unspecified atom stereocenters. The highest BCUT2D eigenvalue weighted by atomic mass is 32.2. The molecule has 1 atom stereocenters. The molecule has 0 fully saturated rings. The lowest BCUT2D eigenvalue weighted by Crippen LogP contribution is -2.20. The summed E-state index contributed by atoms with van der Waals surface area (Å²) in [7, 11) is 1.33. The Kier molecular flexibility index (Phi) is 6.84. The first-order chi connectivity index (χ1) is 14.0. The Morgan fingerprint density at radius 3 is 2.66 bits per heavy atom. The number of carbonyl (C=O) groups excluding carboxylic acids is 1. The van der Waals surface area contributed by atoms with E-state index in [2.05, 4.69) is 26.3 Å². The molecule has 0 spiro atoms. The molecule has 8 nitrogen and oxygen atoms in total. The number of nitrogens with zero attached hydrogens (tertiary/aromatic N) is 4. The van der Waals surface area contributed by atoms with Gasteiger partial charge in [-0.05, 0) is 60.2 Å². The number of aliphatic hydroxyl groups excluding tert-OH is 1. The predicted molar refractivity (Wildman–Crippen MR) is 109 cm³/mol. The van der Waals surface area contributed by atoms with Crippen LogP contribution in [0.5, 0.6) is 5.75 Å². The van der Waals surface area contributed by atoms with Crippen LogP contribution in [-0.2, 0) is 4.74 Å². The van der Waals surface area contributed by atoms with Crippen molar-refractivity contribution in [3.05, 3.63) is 59.2 Å². The average Bonchev–Trinajstić information content (AvgIpc) is 3.18. The van der Waals surface area contributed by atoms with E-state index in [0.717, 1.165) is 11.3 Å². The van der Waals surface area contributed by atoms with Gasteiger partial charge in [0.05, 0.1) is 24.5 Å². The number of hydrogen-bond acceptors (Lipinski definition) is 8. The zero-order valence-electron chi connectivity index (χ0n) is 16.4. The molecular weight excluding hydrogens is 392 g/mol. The molecule has 0 aliphatic rings. The quantitative estimate of drug-likeness (QED) is 0.444. The highest BCUT2D eigenvalue weighted by molar-refractivity contribution is 7.99. The number of ether oxygens (including phenoxy) is 2. The Hall–Kier alpha value is -2.91. The first-order valence-corrected chi connectivity index (χ1v) is 9.94. The van der Waals surface area contributed by atoms with Gasteiger partial charge in [-0.15, -0.1) is 5.10 Å². The second-order valence-corrected chi connectivity index (χ2v) is 7.44. The molecule has 1 N–H and O–H groups in total. The number of aromatic nitrogens is 4. The Bertz CT molecular complexity index is 975. The number of hydrogen-bond donors (Lipinski definition) is 1. The zero-order valence-corrected chi connectivity index (χ0v) is 17.2. The standard InChI is InChI=1S/C20H22N4O4S/c1-13-4-9-18(14(2)10-13)24-20(21-22-23-24)29-12-16(25)11-28-17-7-5-15(6-8-17)19(26)27-3/h4-10,16,25H,11-12H2,1-3H3. The minimum absolute atomic E-state index is 0.107. The summed E-state index contributed by atoms with van der Waals surface area (Å²) in [6.45, 7) is 4.15. The molecule has 0 aliphatic heterocycles. The summed E-state index contributed by atoms with van der Waals surface area (Å²) in [4.78, 5) is 11.4. The number of aliphatic hydroxyl groups is 1. The van der Waals surface area contributed by atoms with Crippen molar-refractivity contribution in [2.24, 2.45) is 0 Å². The van der Waals surface area contributed by atoms with E-state index in [0.29, 0.717) is 22.2 Å². The van der Waals surface area contributed by atoms with Crippen molar-refractivity contribution in [3.63, 3.8) is 0 Å². The van der Waals surface area contributed by atoms with Gasteiger partial charge in [0.25, 0.3) is 0 Å². The smallest absolute Gasteiger partial charge is 0.337 e. The number of aryl methyl sites for hydroxylation is 2. The van der Waals surface area contributed by atoms with Crippen molar-refractivity contribution in [2.75, 3.05) is 19.5 Å². The molecule has 0 radical (unpaired) electrons. The Morgan fingerprint density at radius 1 is 1.21 bits per heavy atom. The second kappa shape index (κ2) is 9.53. The minimum atomic E-state index is -0.718. The molecule has 0 aliphatic carbocycles. The molecule has 1 aromatic heterocycles. The van der Waals surface area contributed by atoms with E-state index in [9.17, 15) is 9.90 Å². The van der Waals surface area contributed by atoms with E-state index in [1.165, 1.54) is 24.4 Å². The third kappa shape index (κ3) is 5.33. The van der Waals surface area contributed by atoms with Crippen molar-refractivity contribution in [2.45, 2.75) is 25.1 Å². The summed E-state index contributed by atoms with van der Waals surface area (Å²) in [6.07, 6.45) is -0.718. The van der Waals surface area contributed by atoms with Gasteiger partial charge in [-0.3, -0.25) is 0 Å². The van der Waals surface area contributed by atoms with Crippen molar-refractivity contribution in [1.82, 2.24) is 20.2 Å². The average molecular weight is 414 g/mol. The lowest BCUT2D eigenvalue weighted by molar-refractivity contribution is 0.0600. The van der Waals surface area contributed by atoms with Gasteiger partial charge in [0.15, 0.2) is 0 Å². The van der Waals surface area contributed by atoms with Crippen LogP contribution in [0.4, 0.5) is 0 Å². The van der Waals surface area contributed by atoms with Crippen molar-refractivity contribution in [1.29, 1.82) is 0 Å². The summed E-state index contributed by atoms with van der Waals surface area (Å²) in [5.74, 6) is 0.516. The van der Waals surface area contributed by atoms with E-state index in [1.54, 1.807) is 28.9 Å². The molecule has 29 heavy (non-hydrogen) atoms. The Balaban J connectivity index is 1.54. The molecule has 3 aromatic rings. The van der Waals surface area contributed by atoms with Gasteiger partial charge in [0.2, 0.25) is 5.16 Å². The van der Waals surface area contributed by atoms with Gasteiger partial charge in [0, 0.05) is 5.75 Å². The van der Waals surface area contributed by atoms with Gasteiger partial charge in [-0.1, -0.05) is 29.5 Å². The van der Waals surface area contributed by atoms with Crippen LogP contribution in [0.3, 0.4) is 0 Å². The van der Waals surface area contributed by atoms with E-state index in [4.69, 9.17) is 4.74 Å². The van der Waals surface area contributed by atoms with Gasteiger partial charge in [0.1, 0.15) is 12.4 Å². The van der Waals surface area contributed by atoms with Gasteiger partial charge in [-0.2, -0.15) is 4.68 Å². The predicted octanol–water partition coefficient (Wildman–Crippen LogP) is 2.60. The molecule has 0 saturated carbocycles. The van der Waals surface area contributed by atoms with E-state index in [-0.39, 0.29) is 6.61 Å². The topological polar surface area (TPSA) is 99.4 Å². The lowest BCUT2D eigenvalue weighted by atomic mass is 10.1. The molecule has 0 amide bonds. The fourth-order valence-corrected chi connectivity index (χ4v) is 3.47. The van der Waals surface area contributed by atoms with Gasteiger partial charge in [-0.25, -0.2) is 4.79 Å². The van der Waals surface area contributed by atoms with Crippen molar-refractivity contribution >= 4 is 17.7 Å². The van der Waals surface area contributed by atoms with Crippen molar-refractivity contribution < 1.29 is 19.4 Å². The number of benzene rings is 2. The van der Waals surface area contributed by atoms with Crippen LogP contribution < -0.4 is 4.74 Å². The van der Waals surface area contributed by atoms with Gasteiger partial charge < -0.3 is 14.6 Å². The highest BCUT2D eigenvalue weighted by Gasteiger charge is 2.14. The second-order valence-electron chi connectivity index (χ2n) is 6.45. The summed E-state index contributed by atoms with van der Waals surface area (Å²) < 4.78 is 11.9. The number of esters is 1. The van der Waals surface area contributed by atoms with Crippen LogP contribution in [0.15, 0.2) is 47.6 Å².